The van der Waals surface area contributed by atoms with Gasteiger partial charge in [-0.15, -0.1) is 0 Å². The molecule has 0 spiro atoms. The summed E-state index contributed by atoms with van der Waals surface area (Å²) in [7, 11) is 0. The van der Waals surface area contributed by atoms with E-state index in [1.165, 1.54) is 31.2 Å². The summed E-state index contributed by atoms with van der Waals surface area (Å²) in [6.45, 7) is 7.41. The van der Waals surface area contributed by atoms with Crippen LogP contribution in [-0.4, -0.2) is 5.78 Å². The van der Waals surface area contributed by atoms with Crippen molar-refractivity contribution in [1.82, 2.24) is 0 Å². The summed E-state index contributed by atoms with van der Waals surface area (Å²) < 4.78 is 6.35. The zero-order valence-corrected chi connectivity index (χ0v) is 19.3. The second-order valence-corrected chi connectivity index (χ2v) is 9.19. The lowest BCUT2D eigenvalue weighted by Gasteiger charge is -2.27. The van der Waals surface area contributed by atoms with Gasteiger partial charge in [-0.2, -0.15) is 0 Å². The molecule has 0 aromatic heterocycles. The van der Waals surface area contributed by atoms with Crippen LogP contribution in [-0.2, 0) is 16.8 Å². The molecule has 0 unspecified atom stereocenters. The number of benzene rings is 2. The lowest BCUT2D eigenvalue weighted by molar-refractivity contribution is -0.114. The maximum absolute atomic E-state index is 12.2. The third-order valence-electron chi connectivity index (χ3n) is 6.14. The number of carbonyl (C=O) groups excluding carboxylic acids is 1. The zero-order chi connectivity index (χ0) is 22.1. The SMILES string of the molecule is CCCCCCC(C)(C)c1ccc(C2=CC(=O)CCC=C2)c(OCc2ccccc2)c1. The molecule has 0 N–H and O–H groups in total. The lowest BCUT2D eigenvalue weighted by atomic mass is 9.79. The van der Waals surface area contributed by atoms with Gasteiger partial charge in [0.2, 0.25) is 0 Å². The van der Waals surface area contributed by atoms with E-state index in [-0.39, 0.29) is 11.2 Å². The summed E-state index contributed by atoms with van der Waals surface area (Å²) in [5.74, 6) is 1.03. The molecule has 31 heavy (non-hydrogen) atoms. The molecule has 0 atom stereocenters. The molecular weight excluding hydrogens is 380 g/mol. The molecule has 0 radical (unpaired) electrons. The van der Waals surface area contributed by atoms with Crippen molar-refractivity contribution in [2.24, 2.45) is 0 Å². The highest BCUT2D eigenvalue weighted by Gasteiger charge is 2.22. The normalized spacial score (nSPS) is 14.3. The summed E-state index contributed by atoms with van der Waals surface area (Å²) in [4.78, 5) is 12.2. The predicted octanol–water partition coefficient (Wildman–Crippen LogP) is 7.82. The molecule has 2 aromatic carbocycles. The Balaban J connectivity index is 1.90. The van der Waals surface area contributed by atoms with Gasteiger partial charge in [-0.1, -0.05) is 101 Å². The van der Waals surface area contributed by atoms with E-state index in [0.717, 1.165) is 35.3 Å². The minimum absolute atomic E-state index is 0.0840. The molecule has 1 aliphatic carbocycles. The Morgan fingerprint density at radius 2 is 1.81 bits per heavy atom. The van der Waals surface area contributed by atoms with Crippen molar-refractivity contribution in [3.63, 3.8) is 0 Å². The summed E-state index contributed by atoms with van der Waals surface area (Å²) in [5.41, 5.74) is 4.45. The fraction of sp³-hybridized carbons (Fsp3) is 0.414. The molecule has 164 valence electrons. The van der Waals surface area contributed by atoms with E-state index in [1.807, 2.05) is 18.2 Å². The smallest absolute Gasteiger partial charge is 0.156 e. The van der Waals surface area contributed by atoms with Crippen LogP contribution in [0.5, 0.6) is 5.75 Å². The second-order valence-electron chi connectivity index (χ2n) is 9.19. The number of hydrogen-bond acceptors (Lipinski definition) is 2. The van der Waals surface area contributed by atoms with Gasteiger partial charge in [0.25, 0.3) is 0 Å². The largest absolute Gasteiger partial charge is 0.488 e. The number of ketones is 1. The van der Waals surface area contributed by atoms with E-state index in [1.54, 1.807) is 6.08 Å². The van der Waals surface area contributed by atoms with Gasteiger partial charge >= 0.3 is 0 Å². The zero-order valence-electron chi connectivity index (χ0n) is 19.3. The molecule has 0 fully saturated rings. The predicted molar refractivity (Wildman–Crippen MR) is 130 cm³/mol. The summed E-state index contributed by atoms with van der Waals surface area (Å²) in [5, 5.41) is 0. The number of carbonyl (C=O) groups is 1. The van der Waals surface area contributed by atoms with Crippen molar-refractivity contribution < 1.29 is 9.53 Å². The topological polar surface area (TPSA) is 26.3 Å². The quantitative estimate of drug-likeness (QED) is 0.369. The van der Waals surface area contributed by atoms with Crippen molar-refractivity contribution in [3.05, 3.63) is 83.4 Å². The maximum atomic E-state index is 12.2. The highest BCUT2D eigenvalue weighted by molar-refractivity contribution is 6.00. The van der Waals surface area contributed by atoms with Gasteiger partial charge in [-0.3, -0.25) is 4.79 Å². The molecule has 2 heteroatoms. The Bertz CT molecular complexity index is 919. The van der Waals surface area contributed by atoms with Crippen molar-refractivity contribution >= 4 is 11.4 Å². The molecule has 0 saturated carbocycles. The summed E-state index contributed by atoms with van der Waals surface area (Å²) in [6.07, 6.45) is 13.5. The summed E-state index contributed by atoms with van der Waals surface area (Å²) >= 11 is 0. The molecule has 3 rings (SSSR count). The van der Waals surface area contributed by atoms with E-state index in [0.29, 0.717) is 13.0 Å². The number of allylic oxidation sites excluding steroid dienone is 4. The Morgan fingerprint density at radius 1 is 1.00 bits per heavy atom. The third-order valence-corrected chi connectivity index (χ3v) is 6.14. The average Bonchev–Trinajstić information content (AvgIpc) is 3.00. The van der Waals surface area contributed by atoms with Gasteiger partial charge in [0, 0.05) is 12.0 Å². The minimum atomic E-state index is 0.0840. The highest BCUT2D eigenvalue weighted by Crippen LogP contribution is 2.36. The van der Waals surface area contributed by atoms with Crippen LogP contribution in [0.3, 0.4) is 0 Å². The molecule has 0 bridgehead atoms. The third kappa shape index (κ3) is 6.69. The first-order valence-electron chi connectivity index (χ1n) is 11.7. The number of rotatable bonds is 10. The minimum Gasteiger partial charge on any atom is -0.488 e. The number of hydrogen-bond donors (Lipinski definition) is 0. The van der Waals surface area contributed by atoms with Crippen molar-refractivity contribution in [1.29, 1.82) is 0 Å². The molecule has 0 aliphatic heterocycles. The maximum Gasteiger partial charge on any atom is 0.156 e. The fourth-order valence-electron chi connectivity index (χ4n) is 4.07. The number of unbranched alkanes of at least 4 members (excludes halogenated alkanes) is 3. The lowest BCUT2D eigenvalue weighted by Crippen LogP contribution is -2.17. The van der Waals surface area contributed by atoms with E-state index in [9.17, 15) is 4.79 Å². The fourth-order valence-corrected chi connectivity index (χ4v) is 4.07. The van der Waals surface area contributed by atoms with E-state index < -0.39 is 0 Å². The highest BCUT2D eigenvalue weighted by atomic mass is 16.5. The average molecular weight is 417 g/mol. The molecular formula is C29H36O2. The van der Waals surface area contributed by atoms with Crippen LogP contribution in [0.2, 0.25) is 0 Å². The van der Waals surface area contributed by atoms with E-state index >= 15 is 0 Å². The summed E-state index contributed by atoms with van der Waals surface area (Å²) in [6, 6.07) is 16.8. The van der Waals surface area contributed by atoms with E-state index in [2.05, 4.69) is 63.3 Å². The van der Waals surface area contributed by atoms with E-state index in [4.69, 9.17) is 4.74 Å². The van der Waals surface area contributed by atoms with Crippen LogP contribution in [0.25, 0.3) is 5.57 Å². The Hall–Kier alpha value is -2.61. The van der Waals surface area contributed by atoms with Crippen molar-refractivity contribution in [3.8, 4) is 5.75 Å². The molecule has 0 saturated heterocycles. The van der Waals surface area contributed by atoms with Crippen LogP contribution in [0.1, 0.15) is 82.4 Å². The number of ether oxygens (including phenoxy) is 1. The van der Waals surface area contributed by atoms with Crippen LogP contribution >= 0.6 is 0 Å². The van der Waals surface area contributed by atoms with Gasteiger partial charge < -0.3 is 4.74 Å². The van der Waals surface area contributed by atoms with Gasteiger partial charge in [-0.05, 0) is 47.1 Å². The molecule has 0 amide bonds. The van der Waals surface area contributed by atoms with Gasteiger partial charge in [0.1, 0.15) is 12.4 Å². The van der Waals surface area contributed by atoms with Gasteiger partial charge in [0.15, 0.2) is 5.78 Å². The monoisotopic (exact) mass is 416 g/mol. The molecule has 2 nitrogen and oxygen atoms in total. The Morgan fingerprint density at radius 3 is 2.58 bits per heavy atom. The standard InChI is InChI=1S/C29H36O2/c1-4-5-6-12-19-29(2,3)25-17-18-27(24-15-10-11-16-26(30)20-24)28(21-25)31-22-23-13-8-7-9-14-23/h7-10,13-15,17-18,20-21H,4-6,11-12,16,19,22H2,1-3H3. The molecule has 2 aromatic rings. The van der Waals surface area contributed by atoms with Gasteiger partial charge in [0.05, 0.1) is 0 Å². The molecule has 0 heterocycles. The first-order chi connectivity index (χ1) is 15.0. The van der Waals surface area contributed by atoms with Crippen LogP contribution in [0.15, 0.2) is 66.8 Å². The van der Waals surface area contributed by atoms with Crippen LogP contribution < -0.4 is 4.74 Å². The second kappa shape index (κ2) is 11.1. The molecule has 1 aliphatic rings. The van der Waals surface area contributed by atoms with Gasteiger partial charge in [-0.25, -0.2) is 0 Å². The Kier molecular flexibility index (Phi) is 8.28. The first-order valence-corrected chi connectivity index (χ1v) is 11.7. The van der Waals surface area contributed by atoms with Crippen molar-refractivity contribution in [2.45, 2.75) is 77.7 Å². The Labute approximate surface area is 188 Å². The first kappa shape index (κ1) is 23.1. The van der Waals surface area contributed by atoms with Crippen LogP contribution in [0.4, 0.5) is 0 Å². The van der Waals surface area contributed by atoms with Crippen molar-refractivity contribution in [2.75, 3.05) is 0 Å². The van der Waals surface area contributed by atoms with Crippen LogP contribution in [0, 0.1) is 0 Å².